The molecule has 1 saturated heterocycles. The summed E-state index contributed by atoms with van der Waals surface area (Å²) in [5, 5.41) is 0. The molecule has 1 nitrogen and oxygen atoms in total. The molecular formula is C24H25N. The van der Waals surface area contributed by atoms with Gasteiger partial charge in [-0.05, 0) is 36.1 Å². The third-order valence-electron chi connectivity index (χ3n) is 5.29. The highest BCUT2D eigenvalue weighted by molar-refractivity contribution is 5.33. The molecule has 4 rings (SSSR count). The van der Waals surface area contributed by atoms with Crippen LogP contribution in [0.3, 0.4) is 0 Å². The van der Waals surface area contributed by atoms with E-state index in [1.165, 1.54) is 36.0 Å². The Morgan fingerprint density at radius 3 is 1.72 bits per heavy atom. The summed E-state index contributed by atoms with van der Waals surface area (Å²) in [6, 6.07) is 33.8. The summed E-state index contributed by atoms with van der Waals surface area (Å²) in [4.78, 5) is 2.71. The molecule has 1 atom stereocenters. The minimum Gasteiger partial charge on any atom is -0.285 e. The van der Waals surface area contributed by atoms with E-state index in [0.29, 0.717) is 12.1 Å². The molecule has 0 bridgehead atoms. The summed E-state index contributed by atoms with van der Waals surface area (Å²) >= 11 is 0. The van der Waals surface area contributed by atoms with Gasteiger partial charge in [0.25, 0.3) is 0 Å². The van der Waals surface area contributed by atoms with E-state index in [1.807, 2.05) is 0 Å². The zero-order valence-corrected chi connectivity index (χ0v) is 14.6. The highest BCUT2D eigenvalue weighted by Crippen LogP contribution is 2.40. The van der Waals surface area contributed by atoms with Crippen molar-refractivity contribution in [1.82, 2.24) is 4.90 Å². The molecule has 0 amide bonds. The molecule has 1 unspecified atom stereocenters. The maximum absolute atomic E-state index is 2.71. The third-order valence-corrected chi connectivity index (χ3v) is 5.29. The van der Waals surface area contributed by atoms with E-state index in [1.54, 1.807) is 0 Å². The standard InChI is InChI=1S/C24H25N/c1-4-12-20(13-5-1)23-18-10-11-19-25(23)24(21-14-6-2-7-15-21)22-16-8-3-9-17-22/h1-9,12-17,23-24H,10-11,18-19H2. The van der Waals surface area contributed by atoms with Crippen LogP contribution in [0.25, 0.3) is 0 Å². The number of hydrogen-bond donors (Lipinski definition) is 0. The zero-order chi connectivity index (χ0) is 16.9. The van der Waals surface area contributed by atoms with Crippen molar-refractivity contribution in [3.05, 3.63) is 108 Å². The van der Waals surface area contributed by atoms with E-state index in [4.69, 9.17) is 0 Å². The number of rotatable bonds is 4. The lowest BCUT2D eigenvalue weighted by Gasteiger charge is -2.42. The predicted octanol–water partition coefficient (Wildman–Crippen LogP) is 6.00. The molecule has 1 fully saturated rings. The Hall–Kier alpha value is -2.38. The molecule has 0 saturated carbocycles. The van der Waals surface area contributed by atoms with Crippen molar-refractivity contribution in [2.24, 2.45) is 0 Å². The first-order valence-corrected chi connectivity index (χ1v) is 9.34. The summed E-state index contributed by atoms with van der Waals surface area (Å²) in [6.07, 6.45) is 3.83. The second kappa shape index (κ2) is 7.67. The van der Waals surface area contributed by atoms with E-state index in [-0.39, 0.29) is 0 Å². The Bertz CT molecular complexity index is 727. The van der Waals surface area contributed by atoms with Crippen LogP contribution < -0.4 is 0 Å². The maximum Gasteiger partial charge on any atom is 0.0607 e. The van der Waals surface area contributed by atoms with Crippen molar-refractivity contribution in [2.75, 3.05) is 6.54 Å². The Morgan fingerprint density at radius 1 is 0.640 bits per heavy atom. The van der Waals surface area contributed by atoms with Gasteiger partial charge in [-0.15, -0.1) is 0 Å². The lowest BCUT2D eigenvalue weighted by Crippen LogP contribution is -2.37. The third kappa shape index (κ3) is 3.52. The topological polar surface area (TPSA) is 3.24 Å². The molecule has 1 aliphatic heterocycles. The van der Waals surface area contributed by atoms with Gasteiger partial charge in [0.2, 0.25) is 0 Å². The molecule has 3 aromatic carbocycles. The number of benzene rings is 3. The largest absolute Gasteiger partial charge is 0.285 e. The first-order chi connectivity index (χ1) is 12.4. The Morgan fingerprint density at radius 2 is 1.16 bits per heavy atom. The summed E-state index contributed by atoms with van der Waals surface area (Å²) < 4.78 is 0. The average molecular weight is 327 g/mol. The molecule has 25 heavy (non-hydrogen) atoms. The predicted molar refractivity (Wildman–Crippen MR) is 104 cm³/mol. The van der Waals surface area contributed by atoms with E-state index in [2.05, 4.69) is 95.9 Å². The normalized spacial score (nSPS) is 18.4. The Labute approximate surface area is 150 Å². The number of nitrogens with zero attached hydrogens (tertiary/aromatic N) is 1. The van der Waals surface area contributed by atoms with Gasteiger partial charge in [0.1, 0.15) is 0 Å². The van der Waals surface area contributed by atoms with E-state index in [0.717, 1.165) is 6.54 Å². The lowest BCUT2D eigenvalue weighted by molar-refractivity contribution is 0.113. The summed E-state index contributed by atoms with van der Waals surface area (Å²) in [7, 11) is 0. The van der Waals surface area contributed by atoms with Crippen molar-refractivity contribution in [3.63, 3.8) is 0 Å². The van der Waals surface area contributed by atoms with E-state index in [9.17, 15) is 0 Å². The minimum atomic E-state index is 0.313. The van der Waals surface area contributed by atoms with Crippen LogP contribution in [0.15, 0.2) is 91.0 Å². The van der Waals surface area contributed by atoms with E-state index >= 15 is 0 Å². The quantitative estimate of drug-likeness (QED) is 0.568. The second-order valence-corrected chi connectivity index (χ2v) is 6.88. The summed E-state index contributed by atoms with van der Waals surface area (Å²) in [5.74, 6) is 0. The van der Waals surface area contributed by atoms with Gasteiger partial charge in [-0.3, -0.25) is 4.90 Å². The van der Waals surface area contributed by atoms with Crippen molar-refractivity contribution < 1.29 is 0 Å². The molecular weight excluding hydrogens is 302 g/mol. The molecule has 1 aliphatic rings. The van der Waals surface area contributed by atoms with Gasteiger partial charge < -0.3 is 0 Å². The van der Waals surface area contributed by atoms with Crippen LogP contribution in [0.1, 0.15) is 48.0 Å². The summed E-state index contributed by atoms with van der Waals surface area (Å²) in [5.41, 5.74) is 4.21. The van der Waals surface area contributed by atoms with Crippen molar-refractivity contribution >= 4 is 0 Å². The highest BCUT2D eigenvalue weighted by Gasteiger charge is 2.31. The number of likely N-dealkylation sites (tertiary alicyclic amines) is 1. The van der Waals surface area contributed by atoms with Gasteiger partial charge in [0, 0.05) is 6.04 Å². The van der Waals surface area contributed by atoms with Gasteiger partial charge in [0.05, 0.1) is 6.04 Å². The smallest absolute Gasteiger partial charge is 0.0607 e. The molecule has 0 N–H and O–H groups in total. The number of hydrogen-bond acceptors (Lipinski definition) is 1. The monoisotopic (exact) mass is 327 g/mol. The van der Waals surface area contributed by atoms with Gasteiger partial charge >= 0.3 is 0 Å². The van der Waals surface area contributed by atoms with Gasteiger partial charge in [-0.2, -0.15) is 0 Å². The minimum absolute atomic E-state index is 0.313. The van der Waals surface area contributed by atoms with Crippen LogP contribution in [0, 0.1) is 0 Å². The molecule has 0 aliphatic carbocycles. The van der Waals surface area contributed by atoms with Crippen LogP contribution in [0.5, 0.6) is 0 Å². The molecule has 0 aromatic heterocycles. The van der Waals surface area contributed by atoms with Crippen LogP contribution in [-0.4, -0.2) is 11.4 Å². The first kappa shape index (κ1) is 16.1. The molecule has 1 heterocycles. The van der Waals surface area contributed by atoms with Crippen molar-refractivity contribution in [1.29, 1.82) is 0 Å². The van der Waals surface area contributed by atoms with Crippen LogP contribution in [0.2, 0.25) is 0 Å². The van der Waals surface area contributed by atoms with E-state index < -0.39 is 0 Å². The van der Waals surface area contributed by atoms with Gasteiger partial charge in [-0.25, -0.2) is 0 Å². The molecule has 126 valence electrons. The van der Waals surface area contributed by atoms with Crippen LogP contribution in [0.4, 0.5) is 0 Å². The molecule has 0 spiro atoms. The maximum atomic E-state index is 2.71. The average Bonchev–Trinajstić information content (AvgIpc) is 2.71. The fourth-order valence-electron chi connectivity index (χ4n) is 4.14. The molecule has 3 aromatic rings. The second-order valence-electron chi connectivity index (χ2n) is 6.88. The zero-order valence-electron chi connectivity index (χ0n) is 14.6. The van der Waals surface area contributed by atoms with Gasteiger partial charge in [-0.1, -0.05) is 97.4 Å². The SMILES string of the molecule is c1ccc(C2CCCCN2C(c2ccccc2)c2ccccc2)cc1. The van der Waals surface area contributed by atoms with Gasteiger partial charge in [0.15, 0.2) is 0 Å². The fourth-order valence-corrected chi connectivity index (χ4v) is 4.14. The Kier molecular flexibility index (Phi) is 4.94. The highest BCUT2D eigenvalue weighted by atomic mass is 15.2. The van der Waals surface area contributed by atoms with Crippen LogP contribution >= 0.6 is 0 Å². The van der Waals surface area contributed by atoms with Crippen LogP contribution in [-0.2, 0) is 0 Å². The molecule has 0 radical (unpaired) electrons. The summed E-state index contributed by atoms with van der Waals surface area (Å²) in [6.45, 7) is 1.15. The number of piperidine rings is 1. The van der Waals surface area contributed by atoms with Crippen molar-refractivity contribution in [3.8, 4) is 0 Å². The molecule has 1 heteroatoms. The fraction of sp³-hybridized carbons (Fsp3) is 0.250. The lowest BCUT2D eigenvalue weighted by atomic mass is 9.89. The van der Waals surface area contributed by atoms with Crippen molar-refractivity contribution in [2.45, 2.75) is 31.3 Å². The Balaban J connectivity index is 1.77. The first-order valence-electron chi connectivity index (χ1n) is 9.34.